The molecule has 266 valence electrons. The molecule has 8 rings (SSSR count). The first-order chi connectivity index (χ1) is 25.7. The van der Waals surface area contributed by atoms with Gasteiger partial charge in [-0.15, -0.1) is 0 Å². The van der Waals surface area contributed by atoms with Gasteiger partial charge in [-0.25, -0.2) is 5.01 Å². The minimum absolute atomic E-state index is 0.348. The molecule has 1 atom stereocenters. The van der Waals surface area contributed by atoms with Gasteiger partial charge in [0.05, 0.1) is 5.69 Å². The third kappa shape index (κ3) is 11.3. The van der Waals surface area contributed by atoms with Gasteiger partial charge in [0, 0.05) is 12.5 Å². The van der Waals surface area contributed by atoms with Crippen molar-refractivity contribution in [3.8, 4) is 0 Å². The number of anilines is 1. The van der Waals surface area contributed by atoms with E-state index in [2.05, 4.69) is 219 Å². The van der Waals surface area contributed by atoms with Crippen LogP contribution in [0.2, 0.25) is 0 Å². The monoisotopic (exact) mass is 1120 g/mol. The number of amidine groups is 1. The van der Waals surface area contributed by atoms with Crippen molar-refractivity contribution in [2.24, 2.45) is 5.10 Å². The SMILES string of the molecule is [C]1N(c2ccccc2)N=C2CC[C@@H](Cc3ccccc3)N12.[I][Pt][I].c1ccc(P(CCP(c2ccccc2)c2ccccc2)c2ccccc2)cc1. The Kier molecular flexibility index (Phi) is 16.2. The van der Waals surface area contributed by atoms with E-state index in [4.69, 9.17) is 0 Å². The van der Waals surface area contributed by atoms with Gasteiger partial charge in [0.1, 0.15) is 5.84 Å². The number of nitrogens with zero attached hydrogens (tertiary/aromatic N) is 3. The van der Waals surface area contributed by atoms with Crippen LogP contribution < -0.4 is 26.2 Å². The molecule has 3 nitrogen and oxygen atoms in total. The number of rotatable bonds is 10. The summed E-state index contributed by atoms with van der Waals surface area (Å²) in [6.07, 6.45) is 5.66. The molecule has 1 saturated heterocycles. The van der Waals surface area contributed by atoms with Crippen LogP contribution in [0.4, 0.5) is 5.69 Å². The Bertz CT molecular complexity index is 1750. The predicted octanol–water partition coefficient (Wildman–Crippen LogP) is 10.5. The molecule has 8 heteroatoms. The van der Waals surface area contributed by atoms with Gasteiger partial charge in [-0.2, -0.15) is 5.10 Å². The van der Waals surface area contributed by atoms with E-state index in [1.54, 1.807) is 0 Å². The zero-order valence-corrected chi connectivity index (χ0v) is 37.1. The van der Waals surface area contributed by atoms with Crippen LogP contribution in [0.3, 0.4) is 0 Å². The Morgan fingerprint density at radius 3 is 1.33 bits per heavy atom. The van der Waals surface area contributed by atoms with Gasteiger partial charge in [0.2, 0.25) is 6.67 Å². The number of fused-ring (bicyclic) bond motifs is 1. The van der Waals surface area contributed by atoms with Crippen LogP contribution in [0.15, 0.2) is 187 Å². The van der Waals surface area contributed by atoms with Crippen molar-refractivity contribution in [3.63, 3.8) is 0 Å². The molecule has 0 aromatic heterocycles. The molecule has 0 amide bonds. The smallest absolute Gasteiger partial charge is 0.0195 e. The van der Waals surface area contributed by atoms with Gasteiger partial charge in [0.25, 0.3) is 0 Å². The summed E-state index contributed by atoms with van der Waals surface area (Å²) < 4.78 is 0. The molecule has 0 aliphatic carbocycles. The Morgan fingerprint density at radius 2 is 0.923 bits per heavy atom. The summed E-state index contributed by atoms with van der Waals surface area (Å²) in [6, 6.07) is 65.5. The average Bonchev–Trinajstić information content (AvgIpc) is 3.81. The molecule has 0 saturated carbocycles. The number of halogens is 2. The predicted molar refractivity (Wildman–Crippen MR) is 241 cm³/mol. The van der Waals surface area contributed by atoms with E-state index in [-0.39, 0.29) is 15.8 Å². The fourth-order valence-electron chi connectivity index (χ4n) is 6.44. The van der Waals surface area contributed by atoms with Crippen LogP contribution in [0.25, 0.3) is 0 Å². The van der Waals surface area contributed by atoms with E-state index >= 15 is 0 Å². The summed E-state index contributed by atoms with van der Waals surface area (Å²) in [5.74, 6) is 1.14. The standard InChI is InChI=1S/C26H24P2.C18H17N3.2HI.Pt/c1-5-13-23(14-6-1)27(24-15-7-2-8-16-24)21-22-28(25-17-9-3-10-18-25)26-19-11-4-12-20-26;1-3-7-15(8-4-1)13-17-11-12-18-19-21(14-20(17)18)16-9-5-2-6-10-16;;;/h1-20H,21-22H2;1-10,17H,11-13H2;2*1H;/q;;;;+2/p-2/t;17-;;;/m.0.../s1. The summed E-state index contributed by atoms with van der Waals surface area (Å²) in [4.78, 5) is 2.22. The van der Waals surface area contributed by atoms with Gasteiger partial charge in [-0.3, -0.25) is 0 Å². The molecule has 1 fully saturated rings. The van der Waals surface area contributed by atoms with E-state index in [0.29, 0.717) is 17.2 Å². The maximum absolute atomic E-state index is 4.68. The molecule has 52 heavy (non-hydrogen) atoms. The maximum atomic E-state index is 4.68. The number of hydrogen-bond acceptors (Lipinski definition) is 3. The van der Waals surface area contributed by atoms with Crippen LogP contribution in [0, 0.1) is 6.67 Å². The Morgan fingerprint density at radius 1 is 0.558 bits per heavy atom. The molecule has 2 radical (unpaired) electrons. The fraction of sp³-hybridized carbons (Fsp3) is 0.136. The van der Waals surface area contributed by atoms with E-state index < -0.39 is 0 Å². The molecular weight excluding hydrogens is 1080 g/mol. The number of para-hydroxylation sites is 1. The summed E-state index contributed by atoms with van der Waals surface area (Å²) in [6.45, 7) is 3.40. The van der Waals surface area contributed by atoms with Gasteiger partial charge in [0.15, 0.2) is 0 Å². The molecule has 0 spiro atoms. The minimum Gasteiger partial charge on any atom is -0.0622 e. The first-order valence-corrected chi connectivity index (χ1v) is 33.3. The molecule has 2 aliphatic rings. The summed E-state index contributed by atoms with van der Waals surface area (Å²) in [5, 5.41) is 12.4. The summed E-state index contributed by atoms with van der Waals surface area (Å²) in [5.41, 5.74) is 2.45. The number of hydrazone groups is 1. The van der Waals surface area contributed by atoms with E-state index in [1.165, 1.54) is 39.1 Å². The van der Waals surface area contributed by atoms with Crippen LogP contribution in [0.5, 0.6) is 0 Å². The molecule has 2 aliphatic heterocycles. The molecule has 0 unspecified atom stereocenters. The van der Waals surface area contributed by atoms with E-state index in [0.717, 1.165) is 30.8 Å². The zero-order valence-electron chi connectivity index (χ0n) is 28.7. The molecule has 2 heterocycles. The van der Waals surface area contributed by atoms with E-state index in [1.807, 2.05) is 23.2 Å². The Balaban J connectivity index is 0.000000172. The Hall–Kier alpha value is -2.40. The summed E-state index contributed by atoms with van der Waals surface area (Å²) >= 11 is 5.30. The molecule has 0 N–H and O–H groups in total. The van der Waals surface area contributed by atoms with Crippen molar-refractivity contribution in [2.75, 3.05) is 17.3 Å². The molecule has 0 bridgehead atoms. The minimum atomic E-state index is -0.348. The van der Waals surface area contributed by atoms with Gasteiger partial charge >= 0.3 is 49.9 Å². The van der Waals surface area contributed by atoms with Crippen molar-refractivity contribution in [1.29, 1.82) is 0 Å². The largest absolute Gasteiger partial charge is 0.0622 e. The van der Waals surface area contributed by atoms with Crippen molar-refractivity contribution < 1.29 is 11.2 Å². The number of benzene rings is 6. The second-order valence-corrected chi connectivity index (χ2v) is 33.5. The molecular formula is C44H41I2N3P2Pt. The maximum Gasteiger partial charge on any atom is -0.0195 e. The topological polar surface area (TPSA) is 18.8 Å². The van der Waals surface area contributed by atoms with Crippen molar-refractivity contribution >= 4 is 87.3 Å². The van der Waals surface area contributed by atoms with Crippen LogP contribution >= 0.6 is 54.5 Å². The van der Waals surface area contributed by atoms with Crippen molar-refractivity contribution in [3.05, 3.63) is 194 Å². The molecule has 6 aromatic rings. The van der Waals surface area contributed by atoms with Gasteiger partial charge in [-0.1, -0.05) is 170 Å². The first kappa shape index (κ1) is 39.3. The normalized spacial score (nSPS) is 14.7. The van der Waals surface area contributed by atoms with Crippen LogP contribution in [-0.2, 0) is 17.6 Å². The van der Waals surface area contributed by atoms with Gasteiger partial charge < -0.3 is 4.90 Å². The van der Waals surface area contributed by atoms with Crippen molar-refractivity contribution in [2.45, 2.75) is 25.3 Å². The Labute approximate surface area is 342 Å². The first-order valence-electron chi connectivity index (χ1n) is 17.3. The van der Waals surface area contributed by atoms with Gasteiger partial charge in [-0.05, 0) is 79.9 Å². The van der Waals surface area contributed by atoms with Crippen LogP contribution in [-0.4, -0.2) is 29.1 Å². The zero-order chi connectivity index (χ0) is 35.8. The second-order valence-electron chi connectivity index (χ2n) is 12.2. The molecule has 6 aromatic carbocycles. The van der Waals surface area contributed by atoms with Crippen LogP contribution in [0.1, 0.15) is 18.4 Å². The average molecular weight is 1120 g/mol. The third-order valence-corrected chi connectivity index (χ3v) is 14.3. The van der Waals surface area contributed by atoms with Crippen molar-refractivity contribution in [1.82, 2.24) is 4.90 Å². The quantitative estimate of drug-likeness (QED) is 0.101. The fourth-order valence-corrected chi connectivity index (χ4v) is 11.8. The van der Waals surface area contributed by atoms with E-state index in [9.17, 15) is 0 Å². The number of hydrogen-bond donors (Lipinski definition) is 0. The summed E-state index contributed by atoms with van der Waals surface area (Å²) in [7, 11) is -0.696. The third-order valence-electron chi connectivity index (χ3n) is 8.90. The second kappa shape index (κ2) is 21.5.